The lowest BCUT2D eigenvalue weighted by atomic mass is 9.80. The van der Waals surface area contributed by atoms with Crippen molar-refractivity contribution in [2.24, 2.45) is 10.9 Å². The zero-order valence-electron chi connectivity index (χ0n) is 17.5. The normalized spacial score (nSPS) is 46.2. The first-order valence-corrected chi connectivity index (χ1v) is 11.4. The van der Waals surface area contributed by atoms with E-state index >= 15 is 0 Å². The zero-order valence-corrected chi connectivity index (χ0v) is 17.5. The number of carboxylic acids is 1. The number of aliphatic imine (C=N–C) groups is 1. The van der Waals surface area contributed by atoms with Gasteiger partial charge in [-0.3, -0.25) is 4.79 Å². The fraction of sp³-hybridized carbons (Fsp3) is 0.818. The van der Waals surface area contributed by atoms with Crippen molar-refractivity contribution < 1.29 is 19.4 Å². The van der Waals surface area contributed by atoms with Gasteiger partial charge in [0.25, 0.3) is 0 Å². The van der Waals surface area contributed by atoms with Crippen LogP contribution in [-0.2, 0) is 14.3 Å². The van der Waals surface area contributed by atoms with E-state index in [4.69, 9.17) is 14.5 Å². The van der Waals surface area contributed by atoms with Crippen molar-refractivity contribution in [3.8, 4) is 0 Å². The maximum Gasteiger partial charge on any atom is 0.313 e. The van der Waals surface area contributed by atoms with Gasteiger partial charge in [0.2, 0.25) is 0 Å². The first-order chi connectivity index (χ1) is 14.0. The predicted molar refractivity (Wildman–Crippen MR) is 108 cm³/mol. The van der Waals surface area contributed by atoms with Crippen LogP contribution in [-0.4, -0.2) is 57.7 Å². The molecule has 0 aromatic rings. The maximum atomic E-state index is 12.4. The highest BCUT2D eigenvalue weighted by Crippen LogP contribution is 2.49. The number of guanidine groups is 1. The summed E-state index contributed by atoms with van der Waals surface area (Å²) in [4.78, 5) is 19.7. The van der Waals surface area contributed by atoms with Crippen LogP contribution >= 0.6 is 0 Å². The van der Waals surface area contributed by atoms with Crippen molar-refractivity contribution in [3.63, 3.8) is 0 Å². The summed E-state index contributed by atoms with van der Waals surface area (Å²) >= 11 is 0. The predicted octanol–water partition coefficient (Wildman–Crippen LogP) is 3.01. The molecule has 5 aliphatic heterocycles. The average Bonchev–Trinajstić information content (AvgIpc) is 2.96. The van der Waals surface area contributed by atoms with Gasteiger partial charge < -0.3 is 24.8 Å². The van der Waals surface area contributed by atoms with E-state index in [9.17, 15) is 9.90 Å². The molecule has 0 saturated carbocycles. The maximum absolute atomic E-state index is 12.4. The molecule has 5 aliphatic rings. The number of hydrogen-bond acceptors (Lipinski definition) is 6. The molecule has 0 aliphatic carbocycles. The largest absolute Gasteiger partial charge is 0.481 e. The van der Waals surface area contributed by atoms with E-state index in [1.807, 2.05) is 6.92 Å². The van der Waals surface area contributed by atoms with Crippen molar-refractivity contribution in [1.29, 1.82) is 0 Å². The molecule has 7 heteroatoms. The molecule has 0 aromatic heterocycles. The SMILES string of the molecule is CC[C@@H]1C=CCC[C@]2(C[C@H]3CC[C@H]4[C@@H](C(=O)O)[C@@]5(CCC[C@H](C)O5)N=C(N2)N34)O1. The van der Waals surface area contributed by atoms with E-state index in [0.29, 0.717) is 6.42 Å². The van der Waals surface area contributed by atoms with Gasteiger partial charge in [-0.05, 0) is 58.3 Å². The summed E-state index contributed by atoms with van der Waals surface area (Å²) in [5, 5.41) is 13.8. The number of nitrogens with one attached hydrogen (secondary N) is 1. The van der Waals surface area contributed by atoms with Crippen LogP contribution in [0.2, 0.25) is 0 Å². The first-order valence-electron chi connectivity index (χ1n) is 11.4. The summed E-state index contributed by atoms with van der Waals surface area (Å²) < 4.78 is 12.9. The number of rotatable bonds is 2. The summed E-state index contributed by atoms with van der Waals surface area (Å²) in [6.07, 6.45) is 12.6. The summed E-state index contributed by atoms with van der Waals surface area (Å²) in [5.41, 5.74) is -1.40. The lowest BCUT2D eigenvalue weighted by Crippen LogP contribution is -2.71. The Morgan fingerprint density at radius 2 is 2.21 bits per heavy atom. The Bertz CT molecular complexity index is 740. The van der Waals surface area contributed by atoms with Gasteiger partial charge in [-0.15, -0.1) is 0 Å². The smallest absolute Gasteiger partial charge is 0.313 e. The topological polar surface area (TPSA) is 83.4 Å². The van der Waals surface area contributed by atoms with Gasteiger partial charge >= 0.3 is 5.97 Å². The summed E-state index contributed by atoms with van der Waals surface area (Å²) in [6.45, 7) is 4.18. The van der Waals surface area contributed by atoms with Crippen molar-refractivity contribution in [3.05, 3.63) is 12.2 Å². The van der Waals surface area contributed by atoms with Crippen LogP contribution in [0.5, 0.6) is 0 Å². The fourth-order valence-electron chi connectivity index (χ4n) is 6.30. The minimum atomic E-state index is -0.965. The second kappa shape index (κ2) is 6.98. The Morgan fingerprint density at radius 1 is 1.34 bits per heavy atom. The van der Waals surface area contributed by atoms with Gasteiger partial charge in [0, 0.05) is 12.5 Å². The molecule has 7 atom stereocenters. The van der Waals surface area contributed by atoms with Gasteiger partial charge in [-0.25, -0.2) is 4.99 Å². The van der Waals surface area contributed by atoms with E-state index in [-0.39, 0.29) is 24.3 Å². The second-order valence-electron chi connectivity index (χ2n) is 9.48. The standard InChI is InChI=1S/C22H33N3O4/c1-3-16-8-4-5-11-21(29-16)13-15-9-10-17-18(19(26)27)22(12-6-7-14(2)28-22)24-20(23-21)25(15)17/h4,8,14-18H,3,5-7,9-13H2,1-2H3,(H,23,24)(H,26,27)/t14-,15+,16+,17-,18-,21+,22-/m0/s1. The number of hydrogen-bond donors (Lipinski definition) is 2. The molecule has 2 N–H and O–H groups in total. The Hall–Kier alpha value is -1.60. The van der Waals surface area contributed by atoms with E-state index < -0.39 is 23.3 Å². The molecule has 0 unspecified atom stereocenters. The van der Waals surface area contributed by atoms with Crippen molar-refractivity contribution in [2.75, 3.05) is 0 Å². The Morgan fingerprint density at radius 3 is 2.97 bits per heavy atom. The van der Waals surface area contributed by atoms with Crippen LogP contribution in [0, 0.1) is 5.92 Å². The van der Waals surface area contributed by atoms with Crippen LogP contribution in [0.3, 0.4) is 0 Å². The van der Waals surface area contributed by atoms with Gasteiger partial charge in [0.15, 0.2) is 11.7 Å². The molecule has 0 aromatic carbocycles. The molecule has 0 bridgehead atoms. The van der Waals surface area contributed by atoms with Crippen LogP contribution in [0.4, 0.5) is 0 Å². The third-order valence-electron chi connectivity index (χ3n) is 7.52. The molecular formula is C22H33N3O4. The highest BCUT2D eigenvalue weighted by atomic mass is 16.5. The molecule has 7 nitrogen and oxygen atoms in total. The number of ether oxygens (including phenoxy) is 2. The van der Waals surface area contributed by atoms with Crippen molar-refractivity contribution in [2.45, 2.75) is 107 Å². The van der Waals surface area contributed by atoms with Crippen LogP contribution in [0.1, 0.15) is 71.6 Å². The van der Waals surface area contributed by atoms with E-state index in [2.05, 4.69) is 29.3 Å². The lowest BCUT2D eigenvalue weighted by molar-refractivity contribution is -0.190. The summed E-state index contributed by atoms with van der Waals surface area (Å²) in [5.74, 6) is -0.601. The number of nitrogens with zero attached hydrogens (tertiary/aromatic N) is 2. The number of carboxylic acid groups (broad SMARTS) is 1. The fourth-order valence-corrected chi connectivity index (χ4v) is 6.30. The Balaban J connectivity index is 1.54. The molecule has 5 rings (SSSR count). The van der Waals surface area contributed by atoms with E-state index in [1.54, 1.807) is 0 Å². The Labute approximate surface area is 172 Å². The van der Waals surface area contributed by atoms with Crippen LogP contribution in [0.25, 0.3) is 0 Å². The molecule has 160 valence electrons. The first kappa shape index (κ1) is 19.4. The quantitative estimate of drug-likeness (QED) is 0.690. The molecule has 0 radical (unpaired) electrons. The molecule has 3 saturated heterocycles. The molecule has 2 spiro atoms. The number of carbonyl (C=O) groups is 1. The number of allylic oxidation sites excluding steroid dienone is 1. The van der Waals surface area contributed by atoms with Gasteiger partial charge in [-0.2, -0.15) is 0 Å². The third-order valence-corrected chi connectivity index (χ3v) is 7.52. The molecule has 29 heavy (non-hydrogen) atoms. The highest BCUT2D eigenvalue weighted by Gasteiger charge is 2.61. The summed E-state index contributed by atoms with van der Waals surface area (Å²) in [7, 11) is 0. The van der Waals surface area contributed by atoms with Crippen LogP contribution in [0.15, 0.2) is 17.1 Å². The highest BCUT2D eigenvalue weighted by molar-refractivity contribution is 5.86. The van der Waals surface area contributed by atoms with Crippen molar-refractivity contribution >= 4 is 11.9 Å². The number of aliphatic carboxylic acids is 1. The van der Waals surface area contributed by atoms with Gasteiger partial charge in [0.05, 0.1) is 18.2 Å². The minimum absolute atomic E-state index is 0.0269. The average molecular weight is 404 g/mol. The summed E-state index contributed by atoms with van der Waals surface area (Å²) in [6, 6.07) is 0.210. The molecule has 0 amide bonds. The second-order valence-corrected chi connectivity index (χ2v) is 9.48. The zero-order chi connectivity index (χ0) is 20.2. The van der Waals surface area contributed by atoms with Crippen molar-refractivity contribution in [1.82, 2.24) is 10.2 Å². The molecule has 3 fully saturated rings. The monoisotopic (exact) mass is 403 g/mol. The van der Waals surface area contributed by atoms with Gasteiger partial charge in [-0.1, -0.05) is 19.1 Å². The van der Waals surface area contributed by atoms with E-state index in [0.717, 1.165) is 57.3 Å². The molecular weight excluding hydrogens is 370 g/mol. The Kier molecular flexibility index (Phi) is 4.66. The third kappa shape index (κ3) is 3.08. The van der Waals surface area contributed by atoms with E-state index in [1.165, 1.54) is 0 Å². The van der Waals surface area contributed by atoms with Crippen LogP contribution < -0.4 is 5.32 Å². The van der Waals surface area contributed by atoms with Gasteiger partial charge in [0.1, 0.15) is 11.6 Å². The molecule has 5 heterocycles. The minimum Gasteiger partial charge on any atom is -0.481 e. The lowest BCUT2D eigenvalue weighted by Gasteiger charge is -2.55.